The highest BCUT2D eigenvalue weighted by atomic mass is 16.3. The van der Waals surface area contributed by atoms with E-state index >= 15 is 0 Å². The average Bonchev–Trinajstić information content (AvgIpc) is 2.52. The van der Waals surface area contributed by atoms with Gasteiger partial charge in [-0.1, -0.05) is 36.4 Å². The molecule has 2 rings (SSSR count). The molecule has 114 valence electrons. The number of nitrogens with zero attached hydrogens (tertiary/aromatic N) is 1. The number of primary amides is 1. The van der Waals surface area contributed by atoms with E-state index in [0.717, 1.165) is 5.56 Å². The Morgan fingerprint density at radius 1 is 1.14 bits per heavy atom. The van der Waals surface area contributed by atoms with Crippen LogP contribution in [-0.4, -0.2) is 34.1 Å². The Labute approximate surface area is 128 Å². The van der Waals surface area contributed by atoms with Crippen LogP contribution in [0.4, 0.5) is 0 Å². The van der Waals surface area contributed by atoms with Crippen molar-refractivity contribution in [3.8, 4) is 11.3 Å². The van der Waals surface area contributed by atoms with Crippen molar-refractivity contribution in [2.24, 2.45) is 5.73 Å². The van der Waals surface area contributed by atoms with Crippen molar-refractivity contribution < 1.29 is 14.7 Å². The Morgan fingerprint density at radius 3 is 2.41 bits per heavy atom. The average molecular weight is 299 g/mol. The molecule has 22 heavy (non-hydrogen) atoms. The highest BCUT2D eigenvalue weighted by Crippen LogP contribution is 2.16. The number of aliphatic hydroxyl groups excluding tert-OH is 1. The molecule has 0 spiro atoms. The van der Waals surface area contributed by atoms with E-state index in [4.69, 9.17) is 5.73 Å². The van der Waals surface area contributed by atoms with Crippen LogP contribution in [0.15, 0.2) is 48.5 Å². The van der Waals surface area contributed by atoms with Crippen LogP contribution >= 0.6 is 0 Å². The maximum Gasteiger partial charge on any atom is 0.270 e. The summed E-state index contributed by atoms with van der Waals surface area (Å²) in [6, 6.07) is 13.3. The lowest BCUT2D eigenvalue weighted by Crippen LogP contribution is -2.50. The van der Waals surface area contributed by atoms with Crippen molar-refractivity contribution in [1.82, 2.24) is 10.3 Å². The van der Waals surface area contributed by atoms with Gasteiger partial charge in [-0.05, 0) is 19.1 Å². The van der Waals surface area contributed by atoms with E-state index in [1.165, 1.54) is 13.0 Å². The van der Waals surface area contributed by atoms with Crippen LogP contribution < -0.4 is 11.1 Å². The van der Waals surface area contributed by atoms with Gasteiger partial charge in [0.15, 0.2) is 0 Å². The molecule has 1 aromatic heterocycles. The Hall–Kier alpha value is -2.73. The van der Waals surface area contributed by atoms with E-state index in [1.54, 1.807) is 12.1 Å². The van der Waals surface area contributed by atoms with Gasteiger partial charge in [-0.25, -0.2) is 4.98 Å². The van der Waals surface area contributed by atoms with Crippen LogP contribution in [0.1, 0.15) is 17.4 Å². The lowest BCUT2D eigenvalue weighted by atomic mass is 10.1. The Bertz CT molecular complexity index is 671. The minimum absolute atomic E-state index is 0.147. The van der Waals surface area contributed by atoms with Gasteiger partial charge in [-0.2, -0.15) is 0 Å². The number of aromatic nitrogens is 1. The van der Waals surface area contributed by atoms with Gasteiger partial charge in [-0.3, -0.25) is 9.59 Å². The summed E-state index contributed by atoms with van der Waals surface area (Å²) in [4.78, 5) is 27.6. The third-order valence-electron chi connectivity index (χ3n) is 3.13. The summed E-state index contributed by atoms with van der Waals surface area (Å²) < 4.78 is 0. The summed E-state index contributed by atoms with van der Waals surface area (Å²) in [7, 11) is 0. The summed E-state index contributed by atoms with van der Waals surface area (Å²) >= 11 is 0. The van der Waals surface area contributed by atoms with Crippen molar-refractivity contribution >= 4 is 11.8 Å². The van der Waals surface area contributed by atoms with E-state index < -0.39 is 24.0 Å². The fraction of sp³-hybridized carbons (Fsp3) is 0.188. The van der Waals surface area contributed by atoms with E-state index in [2.05, 4.69) is 10.3 Å². The molecule has 2 atom stereocenters. The molecule has 0 radical (unpaired) electrons. The summed E-state index contributed by atoms with van der Waals surface area (Å²) in [5.41, 5.74) is 6.81. The Morgan fingerprint density at radius 2 is 1.82 bits per heavy atom. The fourth-order valence-electron chi connectivity index (χ4n) is 1.98. The highest BCUT2D eigenvalue weighted by Gasteiger charge is 2.24. The molecule has 0 aliphatic rings. The number of nitrogens with two attached hydrogens (primary N) is 1. The zero-order valence-electron chi connectivity index (χ0n) is 12.1. The normalized spacial score (nSPS) is 13.2. The topological polar surface area (TPSA) is 105 Å². The summed E-state index contributed by atoms with van der Waals surface area (Å²) in [5, 5.41) is 11.9. The third kappa shape index (κ3) is 3.67. The van der Waals surface area contributed by atoms with Gasteiger partial charge < -0.3 is 16.2 Å². The molecule has 0 saturated carbocycles. The molecule has 6 heteroatoms. The summed E-state index contributed by atoms with van der Waals surface area (Å²) in [6.07, 6.45) is -1.08. The number of benzene rings is 1. The Kier molecular flexibility index (Phi) is 4.85. The number of amides is 2. The van der Waals surface area contributed by atoms with Crippen LogP contribution in [0.25, 0.3) is 11.3 Å². The first kappa shape index (κ1) is 15.7. The number of carbonyl (C=O) groups is 2. The van der Waals surface area contributed by atoms with Gasteiger partial charge in [0.05, 0.1) is 11.8 Å². The van der Waals surface area contributed by atoms with Crippen LogP contribution in [0.3, 0.4) is 0 Å². The van der Waals surface area contributed by atoms with Crippen molar-refractivity contribution in [2.45, 2.75) is 19.1 Å². The minimum Gasteiger partial charge on any atom is -0.391 e. The second-order valence-corrected chi connectivity index (χ2v) is 4.87. The van der Waals surface area contributed by atoms with Gasteiger partial charge >= 0.3 is 0 Å². The molecule has 0 saturated heterocycles. The largest absolute Gasteiger partial charge is 0.391 e. The first-order chi connectivity index (χ1) is 10.5. The zero-order chi connectivity index (χ0) is 16.1. The molecule has 0 aliphatic heterocycles. The predicted molar refractivity (Wildman–Crippen MR) is 81.8 cm³/mol. The second-order valence-electron chi connectivity index (χ2n) is 4.87. The molecule has 6 nitrogen and oxygen atoms in total. The number of nitrogens with one attached hydrogen (secondary N) is 1. The smallest absolute Gasteiger partial charge is 0.270 e. The number of aliphatic hydroxyl groups is 1. The van der Waals surface area contributed by atoms with Crippen molar-refractivity contribution in [3.63, 3.8) is 0 Å². The number of rotatable bonds is 5. The summed E-state index contributed by atoms with van der Waals surface area (Å²) in [6.45, 7) is 1.38. The lowest BCUT2D eigenvalue weighted by Gasteiger charge is -2.17. The number of hydrogen-bond acceptors (Lipinski definition) is 4. The highest BCUT2D eigenvalue weighted by molar-refractivity contribution is 5.96. The molecule has 0 aliphatic carbocycles. The maximum atomic E-state index is 12.2. The van der Waals surface area contributed by atoms with Gasteiger partial charge in [0.1, 0.15) is 11.7 Å². The first-order valence-electron chi connectivity index (χ1n) is 6.80. The molecule has 2 aromatic rings. The van der Waals surface area contributed by atoms with E-state index in [1.807, 2.05) is 30.3 Å². The van der Waals surface area contributed by atoms with Crippen molar-refractivity contribution in [1.29, 1.82) is 0 Å². The van der Waals surface area contributed by atoms with Gasteiger partial charge in [0.25, 0.3) is 5.91 Å². The molecular formula is C16H17N3O3. The van der Waals surface area contributed by atoms with E-state index in [-0.39, 0.29) is 5.69 Å². The van der Waals surface area contributed by atoms with Crippen LogP contribution in [-0.2, 0) is 4.79 Å². The van der Waals surface area contributed by atoms with Crippen molar-refractivity contribution in [3.05, 3.63) is 54.2 Å². The van der Waals surface area contributed by atoms with Gasteiger partial charge in [0, 0.05) is 5.56 Å². The molecule has 2 amide bonds. The minimum atomic E-state index is -1.16. The zero-order valence-corrected chi connectivity index (χ0v) is 12.1. The van der Waals surface area contributed by atoms with Gasteiger partial charge in [0.2, 0.25) is 5.91 Å². The second kappa shape index (κ2) is 6.82. The SMILES string of the molecule is CC(O)C(NC(=O)c1cccc(-c2ccccc2)n1)C(N)=O. The quantitative estimate of drug-likeness (QED) is 0.756. The summed E-state index contributed by atoms with van der Waals surface area (Å²) in [5.74, 6) is -1.37. The molecule has 1 heterocycles. The molecule has 0 fully saturated rings. The van der Waals surface area contributed by atoms with Gasteiger partial charge in [-0.15, -0.1) is 0 Å². The Balaban J connectivity index is 2.22. The molecule has 0 bridgehead atoms. The lowest BCUT2D eigenvalue weighted by molar-refractivity contribution is -0.122. The van der Waals surface area contributed by atoms with Crippen LogP contribution in [0.5, 0.6) is 0 Å². The van der Waals surface area contributed by atoms with E-state index in [0.29, 0.717) is 5.69 Å². The first-order valence-corrected chi connectivity index (χ1v) is 6.80. The number of hydrogen-bond donors (Lipinski definition) is 3. The predicted octanol–water partition coefficient (Wildman–Crippen LogP) is 0.713. The van der Waals surface area contributed by atoms with Crippen LogP contribution in [0.2, 0.25) is 0 Å². The van der Waals surface area contributed by atoms with E-state index in [9.17, 15) is 14.7 Å². The molecule has 4 N–H and O–H groups in total. The van der Waals surface area contributed by atoms with Crippen LogP contribution in [0, 0.1) is 0 Å². The van der Waals surface area contributed by atoms with Crippen molar-refractivity contribution in [2.75, 3.05) is 0 Å². The molecular weight excluding hydrogens is 282 g/mol. The number of pyridine rings is 1. The third-order valence-corrected chi connectivity index (χ3v) is 3.13. The molecule has 1 aromatic carbocycles. The number of carbonyl (C=O) groups excluding carboxylic acids is 2. The standard InChI is InChI=1S/C16H17N3O3/c1-10(20)14(15(17)21)19-16(22)13-9-5-8-12(18-13)11-6-3-2-4-7-11/h2-10,14,20H,1H3,(H2,17,21)(H,19,22). The fourth-order valence-corrected chi connectivity index (χ4v) is 1.98. The monoisotopic (exact) mass is 299 g/mol. The maximum absolute atomic E-state index is 12.2. The molecule has 2 unspecified atom stereocenters.